The van der Waals surface area contributed by atoms with E-state index < -0.39 is 6.04 Å². The fourth-order valence-corrected chi connectivity index (χ4v) is 1.83. The SMILES string of the molecule is C#CCC(=O)N[C@@H](CCCCN)C(=O)NCCC1(C)N=N1. The molecular weight excluding hydrogens is 270 g/mol. The Hall–Kier alpha value is -1.94. The van der Waals surface area contributed by atoms with Crippen LogP contribution < -0.4 is 16.4 Å². The number of unbranched alkanes of at least 4 members (excludes halogenated alkanes) is 1. The van der Waals surface area contributed by atoms with Gasteiger partial charge in [-0.05, 0) is 32.7 Å². The second-order valence-corrected chi connectivity index (χ2v) is 5.24. The molecule has 1 rings (SSSR count). The van der Waals surface area contributed by atoms with E-state index >= 15 is 0 Å². The Kier molecular flexibility index (Phi) is 6.82. The number of carbonyl (C=O) groups is 2. The zero-order valence-electron chi connectivity index (χ0n) is 12.4. The summed E-state index contributed by atoms with van der Waals surface area (Å²) < 4.78 is 0. The largest absolute Gasteiger partial charge is 0.354 e. The molecule has 1 heterocycles. The maximum Gasteiger partial charge on any atom is 0.242 e. The van der Waals surface area contributed by atoms with Gasteiger partial charge in [-0.3, -0.25) is 9.59 Å². The molecule has 4 N–H and O–H groups in total. The van der Waals surface area contributed by atoms with Gasteiger partial charge in [0, 0.05) is 13.0 Å². The summed E-state index contributed by atoms with van der Waals surface area (Å²) in [5.74, 6) is 1.74. The maximum absolute atomic E-state index is 12.1. The molecule has 1 aliphatic rings. The van der Waals surface area contributed by atoms with E-state index in [4.69, 9.17) is 12.2 Å². The van der Waals surface area contributed by atoms with Gasteiger partial charge in [0.15, 0.2) is 5.66 Å². The van der Waals surface area contributed by atoms with E-state index in [0.29, 0.717) is 25.9 Å². The lowest BCUT2D eigenvalue weighted by Crippen LogP contribution is -2.47. The number of nitrogens with two attached hydrogens (primary N) is 1. The molecule has 0 saturated carbocycles. The number of carbonyl (C=O) groups excluding carboxylic acids is 2. The first-order valence-corrected chi connectivity index (χ1v) is 7.15. The topological polar surface area (TPSA) is 109 Å². The molecule has 2 amide bonds. The van der Waals surface area contributed by atoms with Gasteiger partial charge in [0.25, 0.3) is 0 Å². The predicted molar refractivity (Wildman–Crippen MR) is 79.2 cm³/mol. The third-order valence-electron chi connectivity index (χ3n) is 3.20. The number of hydrogen-bond acceptors (Lipinski definition) is 5. The summed E-state index contributed by atoms with van der Waals surface area (Å²) in [4.78, 5) is 23.7. The van der Waals surface area contributed by atoms with Crippen LogP contribution >= 0.6 is 0 Å². The number of rotatable bonds is 10. The highest BCUT2D eigenvalue weighted by molar-refractivity contribution is 5.88. The van der Waals surface area contributed by atoms with Crippen LogP contribution in [0.5, 0.6) is 0 Å². The Balaban J connectivity index is 2.38. The monoisotopic (exact) mass is 293 g/mol. The number of amides is 2. The summed E-state index contributed by atoms with van der Waals surface area (Å²) >= 11 is 0. The normalized spacial score (nSPS) is 15.9. The average molecular weight is 293 g/mol. The van der Waals surface area contributed by atoms with Crippen LogP contribution in [-0.2, 0) is 9.59 Å². The minimum absolute atomic E-state index is 0.0312. The summed E-state index contributed by atoms with van der Waals surface area (Å²) in [7, 11) is 0. The standard InChI is InChI=1S/C14H23N5O2/c1-3-6-12(20)17-11(7-4-5-9-15)13(21)16-10-8-14(2)18-19-14/h1,11H,4-10,15H2,2H3,(H,16,21)(H,17,20)/t11-/m0/s1. The number of nitrogens with one attached hydrogen (secondary N) is 2. The van der Waals surface area contributed by atoms with Crippen molar-refractivity contribution >= 4 is 11.8 Å². The average Bonchev–Trinajstić information content (AvgIpc) is 3.16. The highest BCUT2D eigenvalue weighted by Gasteiger charge is 2.33. The molecule has 116 valence electrons. The van der Waals surface area contributed by atoms with E-state index in [2.05, 4.69) is 26.8 Å². The van der Waals surface area contributed by atoms with E-state index in [9.17, 15) is 9.59 Å². The smallest absolute Gasteiger partial charge is 0.242 e. The van der Waals surface area contributed by atoms with Crippen LogP contribution in [-0.4, -0.2) is 36.6 Å². The molecule has 0 bridgehead atoms. The van der Waals surface area contributed by atoms with Crippen molar-refractivity contribution in [2.24, 2.45) is 16.0 Å². The zero-order valence-corrected chi connectivity index (χ0v) is 12.4. The van der Waals surface area contributed by atoms with Crippen molar-refractivity contribution in [2.75, 3.05) is 13.1 Å². The van der Waals surface area contributed by atoms with Crippen molar-refractivity contribution in [1.82, 2.24) is 10.6 Å². The molecule has 1 aliphatic heterocycles. The third-order valence-corrected chi connectivity index (χ3v) is 3.20. The van der Waals surface area contributed by atoms with Crippen LogP contribution in [0.2, 0.25) is 0 Å². The second-order valence-electron chi connectivity index (χ2n) is 5.24. The first-order valence-electron chi connectivity index (χ1n) is 7.15. The summed E-state index contributed by atoms with van der Waals surface area (Å²) in [5.41, 5.74) is 5.10. The Labute approximate surface area is 125 Å². The van der Waals surface area contributed by atoms with Gasteiger partial charge in [-0.15, -0.1) is 6.42 Å². The molecule has 0 aliphatic carbocycles. The van der Waals surface area contributed by atoms with Gasteiger partial charge in [0.1, 0.15) is 6.04 Å². The lowest BCUT2D eigenvalue weighted by atomic mass is 10.1. The van der Waals surface area contributed by atoms with Crippen LogP contribution in [0.1, 0.15) is 39.0 Å². The van der Waals surface area contributed by atoms with Gasteiger partial charge in [-0.25, -0.2) is 0 Å². The van der Waals surface area contributed by atoms with Gasteiger partial charge in [0.2, 0.25) is 11.8 Å². The molecule has 0 unspecified atom stereocenters. The first-order chi connectivity index (χ1) is 10.0. The zero-order chi connectivity index (χ0) is 15.7. The minimum Gasteiger partial charge on any atom is -0.354 e. The molecule has 0 aromatic carbocycles. The highest BCUT2D eigenvalue weighted by Crippen LogP contribution is 2.29. The van der Waals surface area contributed by atoms with Crippen molar-refractivity contribution in [3.8, 4) is 12.3 Å². The van der Waals surface area contributed by atoms with Crippen molar-refractivity contribution in [1.29, 1.82) is 0 Å². The summed E-state index contributed by atoms with van der Waals surface area (Å²) in [5, 5.41) is 13.2. The van der Waals surface area contributed by atoms with Crippen LogP contribution in [0, 0.1) is 12.3 Å². The minimum atomic E-state index is -0.571. The molecule has 0 aromatic rings. The molecule has 0 aromatic heterocycles. The van der Waals surface area contributed by atoms with E-state index in [-0.39, 0.29) is 23.9 Å². The predicted octanol–water partition coefficient (Wildman–Crippen LogP) is 0.312. The second kappa shape index (κ2) is 8.37. The van der Waals surface area contributed by atoms with Crippen molar-refractivity contribution in [3.05, 3.63) is 0 Å². The van der Waals surface area contributed by atoms with Crippen LogP contribution in [0.15, 0.2) is 10.2 Å². The lowest BCUT2D eigenvalue weighted by Gasteiger charge is -2.18. The molecule has 7 heteroatoms. The van der Waals surface area contributed by atoms with Crippen LogP contribution in [0.4, 0.5) is 0 Å². The summed E-state index contributed by atoms with van der Waals surface area (Å²) in [6.07, 6.45) is 7.85. The number of hydrogen-bond donors (Lipinski definition) is 3. The molecule has 7 nitrogen and oxygen atoms in total. The van der Waals surface area contributed by atoms with Crippen LogP contribution in [0.25, 0.3) is 0 Å². The van der Waals surface area contributed by atoms with Gasteiger partial charge in [-0.2, -0.15) is 10.2 Å². The number of terminal acetylenes is 1. The van der Waals surface area contributed by atoms with Crippen molar-refractivity contribution in [3.63, 3.8) is 0 Å². The summed E-state index contributed by atoms with van der Waals surface area (Å²) in [6, 6.07) is -0.571. The van der Waals surface area contributed by atoms with Gasteiger partial charge in [-0.1, -0.05) is 5.92 Å². The van der Waals surface area contributed by atoms with Gasteiger partial charge in [0.05, 0.1) is 6.42 Å². The fourth-order valence-electron chi connectivity index (χ4n) is 1.83. The van der Waals surface area contributed by atoms with Gasteiger partial charge < -0.3 is 16.4 Å². The third kappa shape index (κ3) is 6.86. The molecular formula is C14H23N5O2. The molecule has 0 fully saturated rings. The van der Waals surface area contributed by atoms with E-state index in [1.165, 1.54) is 0 Å². The number of nitrogens with zero attached hydrogens (tertiary/aromatic N) is 2. The molecule has 1 atom stereocenters. The van der Waals surface area contributed by atoms with Crippen molar-refractivity contribution < 1.29 is 9.59 Å². The molecule has 0 radical (unpaired) electrons. The molecule has 0 saturated heterocycles. The Morgan fingerprint density at radius 1 is 1.38 bits per heavy atom. The van der Waals surface area contributed by atoms with E-state index in [0.717, 1.165) is 12.8 Å². The Bertz CT molecular complexity index is 435. The Morgan fingerprint density at radius 2 is 2.10 bits per heavy atom. The fraction of sp³-hybridized carbons (Fsp3) is 0.714. The molecule has 0 spiro atoms. The quantitative estimate of drug-likeness (QED) is 0.398. The molecule has 21 heavy (non-hydrogen) atoms. The Morgan fingerprint density at radius 3 is 2.67 bits per heavy atom. The van der Waals surface area contributed by atoms with E-state index in [1.807, 2.05) is 6.92 Å². The first kappa shape index (κ1) is 17.1. The maximum atomic E-state index is 12.1. The lowest BCUT2D eigenvalue weighted by molar-refractivity contribution is -0.128. The highest BCUT2D eigenvalue weighted by atomic mass is 16.2. The summed E-state index contributed by atoms with van der Waals surface area (Å²) in [6.45, 7) is 2.93. The van der Waals surface area contributed by atoms with Gasteiger partial charge >= 0.3 is 0 Å². The van der Waals surface area contributed by atoms with Crippen LogP contribution in [0.3, 0.4) is 0 Å². The van der Waals surface area contributed by atoms with Crippen molar-refractivity contribution in [2.45, 2.75) is 50.7 Å². The van der Waals surface area contributed by atoms with E-state index in [1.54, 1.807) is 0 Å².